The van der Waals surface area contributed by atoms with Gasteiger partial charge in [0.15, 0.2) is 0 Å². The molecule has 5 nitrogen and oxygen atoms in total. The zero-order valence-electron chi connectivity index (χ0n) is 11.6. The van der Waals surface area contributed by atoms with Gasteiger partial charge in [0.25, 0.3) is 0 Å². The van der Waals surface area contributed by atoms with E-state index in [4.69, 9.17) is 11.5 Å². The van der Waals surface area contributed by atoms with Gasteiger partial charge in [-0.05, 0) is 23.6 Å². The molecule has 0 bridgehead atoms. The molecule has 4 N–H and O–H groups in total. The highest BCUT2D eigenvalue weighted by Crippen LogP contribution is 2.23. The molecule has 0 spiro atoms. The Balaban J connectivity index is 1.87. The van der Waals surface area contributed by atoms with Crippen molar-refractivity contribution in [3.8, 4) is 11.1 Å². The quantitative estimate of drug-likeness (QED) is 0.886. The van der Waals surface area contributed by atoms with Gasteiger partial charge in [-0.25, -0.2) is 9.97 Å². The number of nitrogens with two attached hydrogens (primary N) is 2. The fraction of sp³-hybridized carbons (Fsp3) is 0.188. The lowest BCUT2D eigenvalue weighted by atomic mass is 9.87. The van der Waals surface area contributed by atoms with Crippen molar-refractivity contribution in [2.75, 3.05) is 0 Å². The fourth-order valence-electron chi connectivity index (χ4n) is 2.43. The average Bonchev–Trinajstić information content (AvgIpc) is 2.52. The van der Waals surface area contributed by atoms with E-state index in [0.29, 0.717) is 6.42 Å². The Morgan fingerprint density at radius 3 is 2.71 bits per heavy atom. The minimum absolute atomic E-state index is 0.425. The Bertz CT molecular complexity index is 680. The molecule has 0 radical (unpaired) electrons. The molecule has 0 aliphatic carbocycles. The summed E-state index contributed by atoms with van der Waals surface area (Å²) in [6.07, 6.45) is 10.8. The second-order valence-corrected chi connectivity index (χ2v) is 5.22. The summed E-state index contributed by atoms with van der Waals surface area (Å²) in [6.45, 7) is 0. The molecule has 1 aliphatic heterocycles. The predicted octanol–water partition coefficient (Wildman–Crippen LogP) is 1.31. The van der Waals surface area contributed by atoms with Gasteiger partial charge in [0, 0.05) is 24.2 Å². The van der Waals surface area contributed by atoms with Gasteiger partial charge in [0.1, 0.15) is 12.5 Å². The Kier molecular flexibility index (Phi) is 3.60. The van der Waals surface area contributed by atoms with E-state index in [0.717, 1.165) is 16.7 Å². The summed E-state index contributed by atoms with van der Waals surface area (Å²) >= 11 is 0. The second-order valence-electron chi connectivity index (χ2n) is 5.22. The van der Waals surface area contributed by atoms with Crippen molar-refractivity contribution in [3.63, 3.8) is 0 Å². The van der Waals surface area contributed by atoms with Crippen molar-refractivity contribution < 1.29 is 0 Å². The van der Waals surface area contributed by atoms with E-state index in [1.807, 2.05) is 30.4 Å². The molecule has 2 atom stereocenters. The molecule has 0 saturated carbocycles. The first-order chi connectivity index (χ1) is 10.2. The lowest BCUT2D eigenvalue weighted by Crippen LogP contribution is -2.55. The van der Waals surface area contributed by atoms with Crippen LogP contribution in [0.1, 0.15) is 5.56 Å². The van der Waals surface area contributed by atoms with Gasteiger partial charge in [-0.3, -0.25) is 4.99 Å². The van der Waals surface area contributed by atoms with Gasteiger partial charge in [0.05, 0.1) is 5.54 Å². The zero-order valence-corrected chi connectivity index (χ0v) is 11.6. The van der Waals surface area contributed by atoms with Crippen molar-refractivity contribution in [1.82, 2.24) is 9.97 Å². The second kappa shape index (κ2) is 5.55. The standard InChI is InChI=1S/C16H17N5/c17-15-16(18,5-2-6-21-15)8-12-3-1-4-13(7-12)14-9-19-11-20-10-14/h1-7,9-11,15H,8,17-18H2. The molecule has 3 rings (SSSR count). The van der Waals surface area contributed by atoms with Crippen LogP contribution < -0.4 is 11.5 Å². The first kappa shape index (κ1) is 13.6. The maximum absolute atomic E-state index is 6.37. The SMILES string of the molecule is NC1N=CC=CC1(N)Cc1cccc(-c2cncnc2)c1. The van der Waals surface area contributed by atoms with E-state index in [1.54, 1.807) is 18.6 Å². The number of allylic oxidation sites excluding steroid dienone is 1. The van der Waals surface area contributed by atoms with E-state index in [1.165, 1.54) is 6.33 Å². The first-order valence-corrected chi connectivity index (χ1v) is 6.77. The van der Waals surface area contributed by atoms with Gasteiger partial charge in [-0.2, -0.15) is 0 Å². The molecule has 0 amide bonds. The number of nitrogens with zero attached hydrogens (tertiary/aromatic N) is 3. The summed E-state index contributed by atoms with van der Waals surface area (Å²) < 4.78 is 0. The number of rotatable bonds is 3. The number of aromatic nitrogens is 2. The van der Waals surface area contributed by atoms with Gasteiger partial charge in [-0.15, -0.1) is 0 Å². The van der Waals surface area contributed by atoms with Gasteiger partial charge in [0.2, 0.25) is 0 Å². The molecule has 1 aromatic carbocycles. The average molecular weight is 279 g/mol. The predicted molar refractivity (Wildman–Crippen MR) is 83.7 cm³/mol. The van der Waals surface area contributed by atoms with Crippen LogP contribution in [-0.2, 0) is 6.42 Å². The van der Waals surface area contributed by atoms with Crippen LogP contribution in [0.25, 0.3) is 11.1 Å². The number of hydrogen-bond acceptors (Lipinski definition) is 5. The maximum atomic E-state index is 6.37. The van der Waals surface area contributed by atoms with Crippen LogP contribution in [0.15, 0.2) is 60.1 Å². The van der Waals surface area contributed by atoms with E-state index >= 15 is 0 Å². The summed E-state index contributed by atoms with van der Waals surface area (Å²) in [5.74, 6) is 0. The molecule has 1 aromatic heterocycles. The number of dihydropyridines is 1. The van der Waals surface area contributed by atoms with Crippen LogP contribution in [0.5, 0.6) is 0 Å². The Hall–Kier alpha value is -2.37. The topological polar surface area (TPSA) is 90.2 Å². The number of aliphatic imine (C=N–C) groups is 1. The molecule has 2 aromatic rings. The third-order valence-corrected chi connectivity index (χ3v) is 3.62. The van der Waals surface area contributed by atoms with E-state index in [-0.39, 0.29) is 0 Å². The fourth-order valence-corrected chi connectivity index (χ4v) is 2.43. The Morgan fingerprint density at radius 1 is 1.14 bits per heavy atom. The van der Waals surface area contributed by atoms with Gasteiger partial charge >= 0.3 is 0 Å². The number of hydrogen-bond donors (Lipinski definition) is 2. The van der Waals surface area contributed by atoms with E-state index in [2.05, 4.69) is 21.0 Å². The Morgan fingerprint density at radius 2 is 1.95 bits per heavy atom. The molecule has 106 valence electrons. The van der Waals surface area contributed by atoms with Crippen molar-refractivity contribution >= 4 is 6.21 Å². The smallest absolute Gasteiger partial charge is 0.119 e. The summed E-state index contributed by atoms with van der Waals surface area (Å²) in [5, 5.41) is 0. The molecular weight excluding hydrogens is 262 g/mol. The van der Waals surface area contributed by atoms with E-state index < -0.39 is 11.7 Å². The molecule has 0 fully saturated rings. The van der Waals surface area contributed by atoms with Crippen LogP contribution in [0.3, 0.4) is 0 Å². The Labute approximate surface area is 123 Å². The van der Waals surface area contributed by atoms with Crippen LogP contribution in [-0.4, -0.2) is 27.9 Å². The summed E-state index contributed by atoms with van der Waals surface area (Å²) in [6, 6.07) is 8.16. The molecule has 2 unspecified atom stereocenters. The highest BCUT2D eigenvalue weighted by molar-refractivity contribution is 5.73. The van der Waals surface area contributed by atoms with Crippen LogP contribution in [0.2, 0.25) is 0 Å². The maximum Gasteiger partial charge on any atom is 0.119 e. The monoisotopic (exact) mass is 279 g/mol. The van der Waals surface area contributed by atoms with Crippen LogP contribution in [0.4, 0.5) is 0 Å². The lowest BCUT2D eigenvalue weighted by molar-refractivity contribution is 0.426. The largest absolute Gasteiger partial charge is 0.319 e. The zero-order chi connectivity index (χ0) is 14.7. The molecular formula is C16H17N5. The van der Waals surface area contributed by atoms with Crippen LogP contribution in [0, 0.1) is 0 Å². The molecule has 2 heterocycles. The molecule has 5 heteroatoms. The van der Waals surface area contributed by atoms with Crippen LogP contribution >= 0.6 is 0 Å². The lowest BCUT2D eigenvalue weighted by Gasteiger charge is -2.31. The van der Waals surface area contributed by atoms with Crippen molar-refractivity contribution in [3.05, 3.63) is 60.7 Å². The molecule has 1 aliphatic rings. The summed E-state index contributed by atoms with van der Waals surface area (Å²) in [4.78, 5) is 12.3. The number of benzene rings is 1. The van der Waals surface area contributed by atoms with Crippen molar-refractivity contribution in [1.29, 1.82) is 0 Å². The highest BCUT2D eigenvalue weighted by Gasteiger charge is 2.31. The molecule has 21 heavy (non-hydrogen) atoms. The minimum atomic E-state index is -0.652. The van der Waals surface area contributed by atoms with Gasteiger partial charge in [-0.1, -0.05) is 30.3 Å². The molecule has 0 saturated heterocycles. The summed E-state index contributed by atoms with van der Waals surface area (Å²) in [7, 11) is 0. The summed E-state index contributed by atoms with van der Waals surface area (Å²) in [5.41, 5.74) is 14.9. The third-order valence-electron chi connectivity index (χ3n) is 3.62. The minimum Gasteiger partial charge on any atom is -0.319 e. The van der Waals surface area contributed by atoms with Gasteiger partial charge < -0.3 is 11.5 Å². The normalized spacial score (nSPS) is 24.2. The van der Waals surface area contributed by atoms with E-state index in [9.17, 15) is 0 Å². The van der Waals surface area contributed by atoms with Crippen molar-refractivity contribution in [2.45, 2.75) is 18.1 Å². The van der Waals surface area contributed by atoms with Crippen molar-refractivity contribution in [2.24, 2.45) is 16.5 Å². The first-order valence-electron chi connectivity index (χ1n) is 6.77. The third kappa shape index (κ3) is 2.89. The highest BCUT2D eigenvalue weighted by atomic mass is 15.0.